The number of carbonyl (C=O) groups is 3. The van der Waals surface area contributed by atoms with Crippen molar-refractivity contribution in [2.24, 2.45) is 5.92 Å². The zero-order chi connectivity index (χ0) is 23.7. The molecule has 2 aromatic carbocycles. The minimum Gasteiger partial charge on any atom is -0.505 e. The summed E-state index contributed by atoms with van der Waals surface area (Å²) in [6, 6.07) is 7.67. The van der Waals surface area contributed by atoms with Gasteiger partial charge in [-0.3, -0.25) is 14.4 Å². The first-order chi connectivity index (χ1) is 15.2. The van der Waals surface area contributed by atoms with E-state index in [4.69, 9.17) is 4.74 Å². The van der Waals surface area contributed by atoms with E-state index < -0.39 is 40.8 Å². The van der Waals surface area contributed by atoms with Crippen molar-refractivity contribution in [1.29, 1.82) is 0 Å². The predicted molar refractivity (Wildman–Crippen MR) is 114 cm³/mol. The summed E-state index contributed by atoms with van der Waals surface area (Å²) in [7, 11) is 2.52. The molecule has 0 spiro atoms. The molecule has 1 unspecified atom stereocenters. The average molecular weight is 444 g/mol. The Balaban J connectivity index is 2.20. The Hall–Kier alpha value is -3.81. The molecule has 0 heterocycles. The number of phenols is 1. The first-order valence-corrected chi connectivity index (χ1v) is 9.58. The van der Waals surface area contributed by atoms with Crippen LogP contribution in [0.15, 0.2) is 48.6 Å². The third-order valence-electron chi connectivity index (χ3n) is 4.58. The molecule has 2 aromatic rings. The largest absolute Gasteiger partial charge is 0.505 e. The summed E-state index contributed by atoms with van der Waals surface area (Å²) in [5.74, 6) is -4.89. The Morgan fingerprint density at radius 3 is 2.00 bits per heavy atom. The van der Waals surface area contributed by atoms with Crippen LogP contribution < -0.4 is 4.74 Å². The van der Waals surface area contributed by atoms with E-state index in [1.54, 1.807) is 0 Å². The molecule has 1 N–H and O–H groups in total. The van der Waals surface area contributed by atoms with E-state index in [1.807, 2.05) is 0 Å². The molecule has 0 bridgehead atoms. The van der Waals surface area contributed by atoms with Gasteiger partial charge in [0, 0.05) is 6.42 Å². The van der Waals surface area contributed by atoms with Crippen LogP contribution in [-0.4, -0.2) is 36.9 Å². The van der Waals surface area contributed by atoms with Crippen LogP contribution in [0.1, 0.15) is 24.0 Å². The number of benzene rings is 2. The van der Waals surface area contributed by atoms with Gasteiger partial charge in [0.25, 0.3) is 0 Å². The van der Waals surface area contributed by atoms with Gasteiger partial charge >= 0.3 is 5.97 Å². The molecule has 0 aliphatic carbocycles. The highest BCUT2D eigenvalue weighted by atomic mass is 19.1. The highest BCUT2D eigenvalue weighted by Crippen LogP contribution is 2.20. The Morgan fingerprint density at radius 2 is 1.50 bits per heavy atom. The molecule has 0 saturated heterocycles. The predicted octanol–water partition coefficient (Wildman–Crippen LogP) is 4.11. The Bertz CT molecular complexity index is 1060. The maximum atomic E-state index is 13.8. The van der Waals surface area contributed by atoms with Crippen LogP contribution in [0.5, 0.6) is 11.5 Å². The van der Waals surface area contributed by atoms with E-state index in [9.17, 15) is 28.3 Å². The highest BCUT2D eigenvalue weighted by Gasteiger charge is 2.24. The topological polar surface area (TPSA) is 89.9 Å². The monoisotopic (exact) mass is 444 g/mol. The molecule has 0 amide bonds. The van der Waals surface area contributed by atoms with Crippen LogP contribution in [-0.2, 0) is 19.1 Å². The normalized spacial score (nSPS) is 12.1. The van der Waals surface area contributed by atoms with E-state index in [0.717, 1.165) is 24.3 Å². The Kier molecular flexibility index (Phi) is 8.83. The van der Waals surface area contributed by atoms with Gasteiger partial charge in [-0.15, -0.1) is 0 Å². The smallest absolute Gasteiger partial charge is 0.305 e. The third-order valence-corrected chi connectivity index (χ3v) is 4.58. The second kappa shape index (κ2) is 11.5. The molecule has 0 aliphatic rings. The Morgan fingerprint density at radius 1 is 0.938 bits per heavy atom. The van der Waals surface area contributed by atoms with Crippen LogP contribution in [0.3, 0.4) is 0 Å². The van der Waals surface area contributed by atoms with Gasteiger partial charge in [-0.2, -0.15) is 0 Å². The molecule has 0 saturated carbocycles. The number of carbonyl (C=O) groups excluding carboxylic acids is 3. The number of hydrogen-bond donors (Lipinski definition) is 1. The van der Waals surface area contributed by atoms with Crippen molar-refractivity contribution in [1.82, 2.24) is 0 Å². The quantitative estimate of drug-likeness (QED) is 0.337. The molecule has 0 aromatic heterocycles. The highest BCUT2D eigenvalue weighted by molar-refractivity contribution is 6.13. The molecular weight excluding hydrogens is 422 g/mol. The molecule has 6 nitrogen and oxygen atoms in total. The SMILES string of the molecule is COC(=O)CCC(C(=O)/C=C/c1ccc(O)c(F)c1)C(=O)/C=C/c1ccc(OC)c(F)c1. The molecule has 168 valence electrons. The first-order valence-electron chi connectivity index (χ1n) is 9.58. The summed E-state index contributed by atoms with van der Waals surface area (Å²) < 4.78 is 36.7. The van der Waals surface area contributed by atoms with Crippen molar-refractivity contribution in [2.45, 2.75) is 12.8 Å². The number of methoxy groups -OCH3 is 2. The van der Waals surface area contributed by atoms with Gasteiger partial charge in [-0.05, 0) is 54.0 Å². The zero-order valence-electron chi connectivity index (χ0n) is 17.5. The van der Waals surface area contributed by atoms with Gasteiger partial charge in [0.1, 0.15) is 0 Å². The number of aromatic hydroxyl groups is 1. The number of rotatable bonds is 10. The fourth-order valence-corrected chi connectivity index (χ4v) is 2.79. The number of halogens is 2. The lowest BCUT2D eigenvalue weighted by Crippen LogP contribution is -2.22. The van der Waals surface area contributed by atoms with Gasteiger partial charge in [0.05, 0.1) is 20.1 Å². The van der Waals surface area contributed by atoms with E-state index in [-0.39, 0.29) is 18.6 Å². The summed E-state index contributed by atoms with van der Waals surface area (Å²) >= 11 is 0. The van der Waals surface area contributed by atoms with Crippen LogP contribution in [0.4, 0.5) is 8.78 Å². The molecule has 1 atom stereocenters. The first kappa shape index (κ1) is 24.5. The van der Waals surface area contributed by atoms with Gasteiger partial charge in [0.2, 0.25) is 0 Å². The van der Waals surface area contributed by atoms with Gasteiger partial charge in [-0.25, -0.2) is 8.78 Å². The van der Waals surface area contributed by atoms with E-state index in [1.165, 1.54) is 50.6 Å². The summed E-state index contributed by atoms with van der Waals surface area (Å²) in [6.07, 6.45) is 4.63. The fourth-order valence-electron chi connectivity index (χ4n) is 2.79. The summed E-state index contributed by atoms with van der Waals surface area (Å²) in [4.78, 5) is 36.8. The number of esters is 1. The van der Waals surface area contributed by atoms with E-state index in [0.29, 0.717) is 11.1 Å². The lowest BCUT2D eigenvalue weighted by Gasteiger charge is -2.10. The van der Waals surface area contributed by atoms with E-state index >= 15 is 0 Å². The average Bonchev–Trinajstić information content (AvgIpc) is 2.78. The maximum Gasteiger partial charge on any atom is 0.305 e. The molecule has 0 radical (unpaired) electrons. The second-order valence-corrected chi connectivity index (χ2v) is 6.74. The van der Waals surface area contributed by atoms with Crippen molar-refractivity contribution in [2.75, 3.05) is 14.2 Å². The standard InChI is InChI=1S/C24H22F2O6/c1-31-23-11-6-16(14-19(23)26)4-9-21(28)17(7-12-24(30)32-2)20(27)8-3-15-5-10-22(29)18(25)13-15/h3-6,8-11,13-14,17,29H,7,12H2,1-2H3/b8-3+,9-4+. The van der Waals surface area contributed by atoms with Gasteiger partial charge in [0.15, 0.2) is 34.7 Å². The van der Waals surface area contributed by atoms with Crippen molar-refractivity contribution < 1.29 is 37.7 Å². The molecule has 0 fully saturated rings. The lowest BCUT2D eigenvalue weighted by molar-refractivity contribution is -0.141. The maximum absolute atomic E-state index is 13.8. The number of ketones is 2. The third kappa shape index (κ3) is 6.87. The van der Waals surface area contributed by atoms with E-state index in [2.05, 4.69) is 4.74 Å². The van der Waals surface area contributed by atoms with Crippen molar-refractivity contribution in [3.05, 3.63) is 71.3 Å². The van der Waals surface area contributed by atoms with Crippen LogP contribution in [0.25, 0.3) is 12.2 Å². The minimum absolute atomic E-state index is 0.0513. The fraction of sp³-hybridized carbons (Fsp3) is 0.208. The summed E-state index contributed by atoms with van der Waals surface area (Å²) in [5, 5.41) is 9.23. The number of hydrogen-bond acceptors (Lipinski definition) is 6. The van der Waals surface area contributed by atoms with Crippen molar-refractivity contribution in [3.63, 3.8) is 0 Å². The van der Waals surface area contributed by atoms with Gasteiger partial charge < -0.3 is 14.6 Å². The van der Waals surface area contributed by atoms with Gasteiger partial charge in [-0.1, -0.05) is 24.3 Å². The molecule has 2 rings (SSSR count). The Labute approximate surface area is 183 Å². The number of allylic oxidation sites excluding steroid dienone is 2. The minimum atomic E-state index is -1.19. The van der Waals surface area contributed by atoms with Crippen LogP contribution in [0, 0.1) is 17.6 Å². The summed E-state index contributed by atoms with van der Waals surface area (Å²) in [5.41, 5.74) is 0.683. The number of phenolic OH excluding ortho intramolecular Hbond substituents is 1. The molecule has 8 heteroatoms. The zero-order valence-corrected chi connectivity index (χ0v) is 17.5. The summed E-state index contributed by atoms with van der Waals surface area (Å²) in [6.45, 7) is 0. The molecular formula is C24H22F2O6. The molecule has 0 aliphatic heterocycles. The lowest BCUT2D eigenvalue weighted by atomic mass is 9.92. The van der Waals surface area contributed by atoms with Crippen molar-refractivity contribution >= 4 is 29.7 Å². The second-order valence-electron chi connectivity index (χ2n) is 6.74. The van der Waals surface area contributed by atoms with Crippen LogP contribution in [0.2, 0.25) is 0 Å². The van der Waals surface area contributed by atoms with Crippen LogP contribution >= 0.6 is 0 Å². The molecule has 32 heavy (non-hydrogen) atoms. The van der Waals surface area contributed by atoms with Crippen molar-refractivity contribution in [3.8, 4) is 11.5 Å². The number of ether oxygens (including phenoxy) is 2.